The van der Waals surface area contributed by atoms with Crippen molar-refractivity contribution >= 4 is 21.6 Å². The molecule has 1 aromatic heterocycles. The van der Waals surface area contributed by atoms with Gasteiger partial charge in [-0.3, -0.25) is 9.52 Å². The first-order chi connectivity index (χ1) is 11.7. The van der Waals surface area contributed by atoms with Gasteiger partial charge in [0.25, 0.3) is 15.9 Å². The van der Waals surface area contributed by atoms with Gasteiger partial charge >= 0.3 is 0 Å². The number of sulfonamides is 1. The van der Waals surface area contributed by atoms with Crippen LogP contribution in [-0.4, -0.2) is 36.4 Å². The predicted molar refractivity (Wildman–Crippen MR) is 87.8 cm³/mol. The minimum Gasteiger partial charge on any atom is -0.340 e. The average molecular weight is 369 g/mol. The molecule has 0 saturated carbocycles. The summed E-state index contributed by atoms with van der Waals surface area (Å²) in [6.45, 7) is 4.73. The van der Waals surface area contributed by atoms with Gasteiger partial charge in [0.2, 0.25) is 0 Å². The van der Waals surface area contributed by atoms with Crippen LogP contribution in [0.3, 0.4) is 0 Å². The van der Waals surface area contributed by atoms with E-state index in [1.54, 1.807) is 9.47 Å². The molecule has 134 valence electrons. The molecule has 2 heterocycles. The van der Waals surface area contributed by atoms with Crippen LogP contribution < -0.4 is 4.72 Å². The van der Waals surface area contributed by atoms with Crippen molar-refractivity contribution in [1.82, 2.24) is 9.47 Å². The molecule has 0 bridgehead atoms. The zero-order valence-electron chi connectivity index (χ0n) is 13.7. The fourth-order valence-electron chi connectivity index (χ4n) is 2.78. The Morgan fingerprint density at radius 1 is 1.08 bits per heavy atom. The number of benzene rings is 1. The Hall–Kier alpha value is -2.42. The Balaban J connectivity index is 1.92. The number of aromatic nitrogens is 1. The largest absolute Gasteiger partial charge is 0.340 e. The van der Waals surface area contributed by atoms with Gasteiger partial charge in [0.15, 0.2) is 0 Å². The number of hydrogen-bond acceptors (Lipinski definition) is 3. The molecule has 1 aromatic carbocycles. The van der Waals surface area contributed by atoms with Gasteiger partial charge in [-0.25, -0.2) is 17.2 Å². The Kier molecular flexibility index (Phi) is 4.28. The van der Waals surface area contributed by atoms with Gasteiger partial charge in [-0.15, -0.1) is 0 Å². The highest BCUT2D eigenvalue weighted by atomic mass is 32.2. The maximum absolute atomic E-state index is 13.2. The van der Waals surface area contributed by atoms with Crippen molar-refractivity contribution in [2.24, 2.45) is 0 Å². The maximum Gasteiger partial charge on any atom is 0.270 e. The number of amides is 1. The highest BCUT2D eigenvalue weighted by Gasteiger charge is 2.29. The Labute approximate surface area is 144 Å². The molecular formula is C16H17F2N3O3S. The maximum atomic E-state index is 13.2. The zero-order valence-corrected chi connectivity index (χ0v) is 14.5. The van der Waals surface area contributed by atoms with Crippen LogP contribution in [0, 0.1) is 11.6 Å². The Morgan fingerprint density at radius 2 is 1.72 bits per heavy atom. The molecule has 2 aromatic rings. The van der Waals surface area contributed by atoms with Gasteiger partial charge in [-0.2, -0.15) is 0 Å². The summed E-state index contributed by atoms with van der Waals surface area (Å²) in [5, 5.41) is 0. The number of carbonyl (C=O) groups is 1. The van der Waals surface area contributed by atoms with E-state index in [4.69, 9.17) is 0 Å². The normalized spacial score (nSPS) is 14.8. The van der Waals surface area contributed by atoms with Crippen molar-refractivity contribution in [1.29, 1.82) is 0 Å². The van der Waals surface area contributed by atoms with Crippen LogP contribution in [0.15, 0.2) is 35.4 Å². The summed E-state index contributed by atoms with van der Waals surface area (Å²) in [5.74, 6) is -2.03. The van der Waals surface area contributed by atoms with Crippen LogP contribution in [0.4, 0.5) is 14.5 Å². The second-order valence-corrected chi connectivity index (χ2v) is 7.79. The smallest absolute Gasteiger partial charge is 0.270 e. The number of fused-ring (bicyclic) bond motifs is 1. The van der Waals surface area contributed by atoms with E-state index < -0.39 is 21.7 Å². The van der Waals surface area contributed by atoms with Gasteiger partial charge in [0, 0.05) is 31.4 Å². The van der Waals surface area contributed by atoms with E-state index in [2.05, 4.69) is 4.72 Å². The third-order valence-electron chi connectivity index (χ3n) is 3.98. The molecule has 0 saturated heterocycles. The highest BCUT2D eigenvalue weighted by molar-refractivity contribution is 7.92. The third-order valence-corrected chi connectivity index (χ3v) is 5.33. The molecule has 1 aliphatic heterocycles. The fraction of sp³-hybridized carbons (Fsp3) is 0.312. The lowest BCUT2D eigenvalue weighted by Gasteiger charge is -2.31. The van der Waals surface area contributed by atoms with E-state index in [1.807, 2.05) is 13.8 Å². The summed E-state index contributed by atoms with van der Waals surface area (Å²) in [7, 11) is -4.08. The summed E-state index contributed by atoms with van der Waals surface area (Å²) >= 11 is 0. The number of halogens is 2. The number of rotatable bonds is 4. The van der Waals surface area contributed by atoms with Crippen LogP contribution in [0.1, 0.15) is 24.3 Å². The van der Waals surface area contributed by atoms with E-state index in [9.17, 15) is 22.0 Å². The lowest BCUT2D eigenvalue weighted by molar-refractivity contribution is 0.0649. The van der Waals surface area contributed by atoms with Crippen LogP contribution in [0.25, 0.3) is 0 Å². The molecule has 0 atom stereocenters. The summed E-state index contributed by atoms with van der Waals surface area (Å²) in [6, 6.07) is 3.68. The molecule has 0 spiro atoms. The molecule has 3 rings (SSSR count). The Morgan fingerprint density at radius 3 is 2.32 bits per heavy atom. The van der Waals surface area contributed by atoms with E-state index in [1.165, 1.54) is 12.3 Å². The molecule has 6 nitrogen and oxygen atoms in total. The van der Waals surface area contributed by atoms with E-state index in [-0.39, 0.29) is 28.2 Å². The lowest BCUT2D eigenvalue weighted by atomic mass is 10.2. The third kappa shape index (κ3) is 3.37. The second-order valence-electron chi connectivity index (χ2n) is 6.11. The Bertz CT molecular complexity index is 918. The SMILES string of the molecule is CC(C)N1CCn2cc(S(=O)(=O)Nc3cc(F)cc(F)c3)cc2C1=O. The molecule has 0 fully saturated rings. The lowest BCUT2D eigenvalue weighted by Crippen LogP contribution is -2.43. The topological polar surface area (TPSA) is 71.4 Å². The molecule has 0 unspecified atom stereocenters. The predicted octanol–water partition coefficient (Wildman–Crippen LogP) is 2.43. The van der Waals surface area contributed by atoms with Crippen LogP contribution in [-0.2, 0) is 16.6 Å². The van der Waals surface area contributed by atoms with Crippen molar-refractivity contribution in [3.05, 3.63) is 47.8 Å². The molecular weight excluding hydrogens is 352 g/mol. The highest BCUT2D eigenvalue weighted by Crippen LogP contribution is 2.23. The molecule has 9 heteroatoms. The molecule has 0 aliphatic carbocycles. The summed E-state index contributed by atoms with van der Waals surface area (Å²) in [6.07, 6.45) is 1.35. The van der Waals surface area contributed by atoms with Crippen LogP contribution in [0.2, 0.25) is 0 Å². The minimum atomic E-state index is -4.08. The molecule has 25 heavy (non-hydrogen) atoms. The van der Waals surface area contributed by atoms with Crippen LogP contribution >= 0.6 is 0 Å². The zero-order chi connectivity index (χ0) is 18.4. The summed E-state index contributed by atoms with van der Waals surface area (Å²) in [4.78, 5) is 14.0. The van der Waals surface area contributed by atoms with Gasteiger partial charge in [0.1, 0.15) is 22.2 Å². The van der Waals surface area contributed by atoms with Crippen molar-refractivity contribution in [3.8, 4) is 0 Å². The first-order valence-electron chi connectivity index (χ1n) is 7.67. The second kappa shape index (κ2) is 6.14. The average Bonchev–Trinajstić information content (AvgIpc) is 2.91. The fourth-order valence-corrected chi connectivity index (χ4v) is 3.86. The number of anilines is 1. The van der Waals surface area contributed by atoms with Gasteiger partial charge < -0.3 is 9.47 Å². The van der Waals surface area contributed by atoms with Gasteiger partial charge in [-0.1, -0.05) is 0 Å². The minimum absolute atomic E-state index is 0.00426. The van der Waals surface area contributed by atoms with Crippen molar-refractivity contribution in [2.75, 3.05) is 11.3 Å². The van der Waals surface area contributed by atoms with Crippen molar-refractivity contribution in [2.45, 2.75) is 31.3 Å². The van der Waals surface area contributed by atoms with Crippen molar-refractivity contribution in [3.63, 3.8) is 0 Å². The monoisotopic (exact) mass is 369 g/mol. The van der Waals surface area contributed by atoms with E-state index in [0.717, 1.165) is 12.1 Å². The number of carbonyl (C=O) groups excluding carboxylic acids is 1. The molecule has 1 aliphatic rings. The quantitative estimate of drug-likeness (QED) is 0.900. The summed E-state index contributed by atoms with van der Waals surface area (Å²) < 4.78 is 55.1. The van der Waals surface area contributed by atoms with Crippen LogP contribution in [0.5, 0.6) is 0 Å². The number of nitrogens with zero attached hydrogens (tertiary/aromatic N) is 2. The molecule has 1 amide bonds. The number of hydrogen-bond donors (Lipinski definition) is 1. The first-order valence-corrected chi connectivity index (χ1v) is 9.16. The first kappa shape index (κ1) is 17.4. The molecule has 1 N–H and O–H groups in total. The van der Waals surface area contributed by atoms with Gasteiger partial charge in [-0.05, 0) is 32.0 Å². The standard InChI is InChI=1S/C16H17F2N3O3S/c1-10(2)21-4-3-20-9-14(8-15(20)16(21)22)25(23,24)19-13-6-11(17)5-12(18)7-13/h5-10,19H,3-4H2,1-2H3. The van der Waals surface area contributed by atoms with E-state index in [0.29, 0.717) is 19.2 Å². The number of nitrogens with one attached hydrogen (secondary N) is 1. The van der Waals surface area contributed by atoms with E-state index >= 15 is 0 Å². The molecule has 0 radical (unpaired) electrons. The summed E-state index contributed by atoms with van der Waals surface area (Å²) in [5.41, 5.74) is 0.0440. The van der Waals surface area contributed by atoms with Gasteiger partial charge in [0.05, 0.1) is 5.69 Å². The van der Waals surface area contributed by atoms with Crippen molar-refractivity contribution < 1.29 is 22.0 Å².